The van der Waals surface area contributed by atoms with Crippen molar-refractivity contribution in [3.05, 3.63) is 24.3 Å². The van der Waals surface area contributed by atoms with Crippen LogP contribution < -0.4 is 10.2 Å². The van der Waals surface area contributed by atoms with Gasteiger partial charge in [0.15, 0.2) is 0 Å². The molecule has 0 bridgehead atoms. The molecule has 1 fully saturated rings. The van der Waals surface area contributed by atoms with Gasteiger partial charge in [0.25, 0.3) is 0 Å². The molecule has 2 rings (SSSR count). The smallest absolute Gasteiger partial charge is 0.409 e. The van der Waals surface area contributed by atoms with Crippen LogP contribution in [0.3, 0.4) is 0 Å². The molecule has 0 saturated carbocycles. The molecule has 1 saturated heterocycles. The van der Waals surface area contributed by atoms with E-state index in [4.69, 9.17) is 0 Å². The van der Waals surface area contributed by atoms with Crippen molar-refractivity contribution in [2.45, 2.75) is 18.6 Å². The third-order valence-electron chi connectivity index (χ3n) is 3.03. The van der Waals surface area contributed by atoms with Crippen molar-refractivity contribution in [1.29, 1.82) is 0 Å². The molecule has 1 aliphatic rings. The standard InChI is InChI=1S/C12H15F3N2O/c13-12(14,15)11-8-16-6-1-7-17(11)9-2-4-10(18)5-3-9/h2-5,11,16,18H,1,6-8H2. The van der Waals surface area contributed by atoms with E-state index < -0.39 is 12.2 Å². The molecular formula is C12H15F3N2O. The van der Waals surface area contributed by atoms with Crippen LogP contribution in [-0.2, 0) is 0 Å². The zero-order valence-electron chi connectivity index (χ0n) is 9.74. The maximum Gasteiger partial charge on any atom is 0.409 e. The molecule has 0 aromatic heterocycles. The number of phenolic OH excluding ortho intramolecular Hbond substituents is 1. The molecular weight excluding hydrogens is 245 g/mol. The number of benzene rings is 1. The highest BCUT2D eigenvalue weighted by Crippen LogP contribution is 2.30. The van der Waals surface area contributed by atoms with Gasteiger partial charge in [0.05, 0.1) is 0 Å². The van der Waals surface area contributed by atoms with E-state index in [9.17, 15) is 18.3 Å². The Kier molecular flexibility index (Phi) is 3.65. The SMILES string of the molecule is Oc1ccc(N2CCCNCC2C(F)(F)F)cc1. The number of hydrogen-bond donors (Lipinski definition) is 2. The van der Waals surface area contributed by atoms with Gasteiger partial charge in [-0.1, -0.05) is 0 Å². The van der Waals surface area contributed by atoms with Crippen LogP contribution in [0.25, 0.3) is 0 Å². The molecule has 1 aromatic rings. The zero-order valence-corrected chi connectivity index (χ0v) is 9.74. The van der Waals surface area contributed by atoms with Gasteiger partial charge in [-0.05, 0) is 37.2 Å². The highest BCUT2D eigenvalue weighted by atomic mass is 19.4. The zero-order chi connectivity index (χ0) is 13.2. The summed E-state index contributed by atoms with van der Waals surface area (Å²) in [6, 6.07) is 4.31. The Morgan fingerprint density at radius 1 is 1.22 bits per heavy atom. The Morgan fingerprint density at radius 2 is 1.89 bits per heavy atom. The molecule has 0 spiro atoms. The topological polar surface area (TPSA) is 35.5 Å². The largest absolute Gasteiger partial charge is 0.508 e. The second-order valence-electron chi connectivity index (χ2n) is 4.32. The molecule has 2 N–H and O–H groups in total. The minimum atomic E-state index is -4.27. The quantitative estimate of drug-likeness (QED) is 0.812. The lowest BCUT2D eigenvalue weighted by Gasteiger charge is -2.33. The monoisotopic (exact) mass is 260 g/mol. The number of nitrogens with zero attached hydrogens (tertiary/aromatic N) is 1. The van der Waals surface area contributed by atoms with Crippen molar-refractivity contribution < 1.29 is 18.3 Å². The van der Waals surface area contributed by atoms with Crippen molar-refractivity contribution in [2.24, 2.45) is 0 Å². The van der Waals surface area contributed by atoms with Crippen molar-refractivity contribution in [2.75, 3.05) is 24.5 Å². The van der Waals surface area contributed by atoms with Crippen LogP contribution >= 0.6 is 0 Å². The number of nitrogens with one attached hydrogen (secondary N) is 1. The summed E-state index contributed by atoms with van der Waals surface area (Å²) in [5.74, 6) is 0.0512. The van der Waals surface area contributed by atoms with Crippen molar-refractivity contribution in [3.8, 4) is 5.75 Å². The van der Waals surface area contributed by atoms with Gasteiger partial charge in [-0.2, -0.15) is 13.2 Å². The fraction of sp³-hybridized carbons (Fsp3) is 0.500. The number of anilines is 1. The molecule has 100 valence electrons. The lowest BCUT2D eigenvalue weighted by molar-refractivity contribution is -0.147. The van der Waals surface area contributed by atoms with E-state index in [1.54, 1.807) is 0 Å². The number of hydrogen-bond acceptors (Lipinski definition) is 3. The summed E-state index contributed by atoms with van der Waals surface area (Å²) < 4.78 is 39.0. The van der Waals surface area contributed by atoms with Gasteiger partial charge >= 0.3 is 6.18 Å². The molecule has 1 unspecified atom stereocenters. The van der Waals surface area contributed by atoms with Crippen LogP contribution in [0.2, 0.25) is 0 Å². The number of halogens is 3. The lowest BCUT2D eigenvalue weighted by Crippen LogP contribution is -2.49. The van der Waals surface area contributed by atoms with Gasteiger partial charge in [0.2, 0.25) is 0 Å². The Labute approximate surface area is 103 Å². The summed E-state index contributed by atoms with van der Waals surface area (Å²) in [4.78, 5) is 1.35. The summed E-state index contributed by atoms with van der Waals surface area (Å²) in [5.41, 5.74) is 0.485. The first-order valence-corrected chi connectivity index (χ1v) is 5.81. The minimum Gasteiger partial charge on any atom is -0.508 e. The van der Waals surface area contributed by atoms with E-state index in [-0.39, 0.29) is 12.3 Å². The summed E-state index contributed by atoms with van der Waals surface area (Å²) in [6.07, 6.45) is -3.61. The Morgan fingerprint density at radius 3 is 2.50 bits per heavy atom. The predicted octanol–water partition coefficient (Wildman–Crippen LogP) is 2.12. The van der Waals surface area contributed by atoms with Crippen LogP contribution in [0, 0.1) is 0 Å². The van der Waals surface area contributed by atoms with Gasteiger partial charge in [0, 0.05) is 18.8 Å². The molecule has 1 atom stereocenters. The minimum absolute atomic E-state index is 0.0512. The molecule has 18 heavy (non-hydrogen) atoms. The first-order chi connectivity index (χ1) is 8.48. The second kappa shape index (κ2) is 5.06. The lowest BCUT2D eigenvalue weighted by atomic mass is 10.2. The fourth-order valence-corrected chi connectivity index (χ4v) is 2.12. The summed E-state index contributed by atoms with van der Waals surface area (Å²) >= 11 is 0. The van der Waals surface area contributed by atoms with Crippen LogP contribution in [-0.4, -0.2) is 37.0 Å². The second-order valence-corrected chi connectivity index (χ2v) is 4.32. The number of aromatic hydroxyl groups is 1. The third kappa shape index (κ3) is 2.87. The Bertz CT molecular complexity index is 391. The normalized spacial score (nSPS) is 21.7. The first kappa shape index (κ1) is 13.0. The average Bonchev–Trinajstić information content (AvgIpc) is 2.54. The van der Waals surface area contributed by atoms with E-state index in [0.29, 0.717) is 25.2 Å². The average molecular weight is 260 g/mol. The van der Waals surface area contributed by atoms with E-state index >= 15 is 0 Å². The van der Waals surface area contributed by atoms with Gasteiger partial charge < -0.3 is 15.3 Å². The maximum absolute atomic E-state index is 13.0. The van der Waals surface area contributed by atoms with E-state index in [1.807, 2.05) is 0 Å². The molecule has 0 radical (unpaired) electrons. The molecule has 1 aromatic carbocycles. The van der Waals surface area contributed by atoms with Crippen molar-refractivity contribution in [3.63, 3.8) is 0 Å². The molecule has 1 aliphatic heterocycles. The van der Waals surface area contributed by atoms with Gasteiger partial charge in [-0.15, -0.1) is 0 Å². The van der Waals surface area contributed by atoms with E-state index in [1.165, 1.54) is 29.2 Å². The summed E-state index contributed by atoms with van der Waals surface area (Å²) in [6.45, 7) is 0.827. The molecule has 3 nitrogen and oxygen atoms in total. The molecule has 1 heterocycles. The third-order valence-corrected chi connectivity index (χ3v) is 3.03. The van der Waals surface area contributed by atoms with Crippen molar-refractivity contribution >= 4 is 5.69 Å². The highest BCUT2D eigenvalue weighted by molar-refractivity contribution is 5.50. The van der Waals surface area contributed by atoms with Crippen LogP contribution in [0.1, 0.15) is 6.42 Å². The van der Waals surface area contributed by atoms with E-state index in [0.717, 1.165) is 0 Å². The Hall–Kier alpha value is -1.43. The predicted molar refractivity (Wildman–Crippen MR) is 62.8 cm³/mol. The summed E-state index contributed by atoms with van der Waals surface area (Å²) in [7, 11) is 0. The van der Waals surface area contributed by atoms with Crippen molar-refractivity contribution in [1.82, 2.24) is 5.32 Å². The van der Waals surface area contributed by atoms with E-state index in [2.05, 4.69) is 5.32 Å². The summed E-state index contributed by atoms with van der Waals surface area (Å²) in [5, 5.41) is 12.0. The van der Waals surface area contributed by atoms with Gasteiger partial charge in [0.1, 0.15) is 11.8 Å². The number of phenols is 1. The number of alkyl halides is 3. The van der Waals surface area contributed by atoms with Gasteiger partial charge in [-0.3, -0.25) is 0 Å². The molecule has 6 heteroatoms. The fourth-order valence-electron chi connectivity index (χ4n) is 2.12. The maximum atomic E-state index is 13.0. The van der Waals surface area contributed by atoms with Crippen LogP contribution in [0.15, 0.2) is 24.3 Å². The number of rotatable bonds is 1. The van der Waals surface area contributed by atoms with Gasteiger partial charge in [-0.25, -0.2) is 0 Å². The first-order valence-electron chi connectivity index (χ1n) is 5.81. The Balaban J connectivity index is 2.28. The van der Waals surface area contributed by atoms with Crippen LogP contribution in [0.4, 0.5) is 18.9 Å². The highest BCUT2D eigenvalue weighted by Gasteiger charge is 2.44. The van der Waals surface area contributed by atoms with Crippen LogP contribution in [0.5, 0.6) is 5.75 Å². The molecule has 0 aliphatic carbocycles. The molecule has 0 amide bonds.